The van der Waals surface area contributed by atoms with E-state index in [-0.39, 0.29) is 15.6 Å². The number of nitrogens with two attached hydrogens (primary N) is 1. The van der Waals surface area contributed by atoms with Crippen LogP contribution in [-0.4, -0.2) is 14.7 Å². The molecule has 0 fully saturated rings. The predicted octanol–water partition coefficient (Wildman–Crippen LogP) is 3.97. The molecule has 0 bridgehead atoms. The number of nitrogens with one attached hydrogen (secondary N) is 1. The number of hydrogen-bond acceptors (Lipinski definition) is 4. The van der Waals surface area contributed by atoms with Crippen LogP contribution in [0, 0.1) is 5.82 Å². The van der Waals surface area contributed by atoms with Crippen LogP contribution in [-0.2, 0) is 9.84 Å². The van der Waals surface area contributed by atoms with E-state index in [1.807, 2.05) is 0 Å². The van der Waals surface area contributed by atoms with Gasteiger partial charge in [-0.1, -0.05) is 17.7 Å². The van der Waals surface area contributed by atoms with Crippen LogP contribution in [0.25, 0.3) is 0 Å². The van der Waals surface area contributed by atoms with Gasteiger partial charge in [0.2, 0.25) is 0 Å². The van der Waals surface area contributed by atoms with Crippen molar-refractivity contribution in [2.45, 2.75) is 4.90 Å². The van der Waals surface area contributed by atoms with Crippen molar-refractivity contribution in [1.82, 2.24) is 0 Å². The van der Waals surface area contributed by atoms with E-state index in [9.17, 15) is 12.8 Å². The Hall–Kier alpha value is -1.31. The number of halogens is 3. The fourth-order valence-electron chi connectivity index (χ4n) is 1.77. The molecule has 0 atom stereocenters. The minimum atomic E-state index is -3.44. The number of hydrogen-bond donors (Lipinski definition) is 2. The van der Waals surface area contributed by atoms with Gasteiger partial charge in [0.05, 0.1) is 27.0 Å². The normalized spacial score (nSPS) is 11.4. The van der Waals surface area contributed by atoms with Crippen molar-refractivity contribution < 1.29 is 12.8 Å². The second-order valence-corrected chi connectivity index (χ2v) is 7.60. The summed E-state index contributed by atoms with van der Waals surface area (Å²) < 4.78 is 36.9. The number of benzene rings is 2. The molecule has 0 saturated heterocycles. The second kappa shape index (κ2) is 5.82. The molecule has 21 heavy (non-hydrogen) atoms. The molecule has 0 amide bonds. The van der Waals surface area contributed by atoms with Gasteiger partial charge in [0.1, 0.15) is 5.82 Å². The summed E-state index contributed by atoms with van der Waals surface area (Å²) in [5.41, 5.74) is 6.72. The summed E-state index contributed by atoms with van der Waals surface area (Å²) in [5, 5.41) is 3.06. The molecule has 2 aromatic carbocycles. The summed E-state index contributed by atoms with van der Waals surface area (Å²) in [6, 6.07) is 6.96. The molecule has 2 rings (SSSR count). The minimum Gasteiger partial charge on any atom is -0.396 e. The summed E-state index contributed by atoms with van der Waals surface area (Å²) in [6.07, 6.45) is 1.07. The lowest BCUT2D eigenvalue weighted by Gasteiger charge is -2.14. The topological polar surface area (TPSA) is 72.2 Å². The molecule has 0 spiro atoms. The molecular weight excluding hydrogens is 383 g/mol. The SMILES string of the molecule is CS(=O)(=O)c1cccc(Nc2c(Cl)cc(F)cc2Br)c1N. The molecule has 0 saturated carbocycles. The number of nitrogen functional groups attached to an aromatic ring is 1. The Kier molecular flexibility index (Phi) is 4.46. The molecule has 0 unspecified atom stereocenters. The first-order chi connectivity index (χ1) is 9.70. The highest BCUT2D eigenvalue weighted by Crippen LogP contribution is 2.36. The summed E-state index contributed by atoms with van der Waals surface area (Å²) in [7, 11) is -3.44. The zero-order valence-corrected chi connectivity index (χ0v) is 14.0. The monoisotopic (exact) mass is 392 g/mol. The van der Waals surface area contributed by atoms with E-state index in [1.165, 1.54) is 12.1 Å². The third-order valence-corrected chi connectivity index (χ3v) is 4.81. The molecule has 0 radical (unpaired) electrons. The van der Waals surface area contributed by atoms with E-state index in [1.54, 1.807) is 12.1 Å². The Balaban J connectivity index is 2.51. The zero-order chi connectivity index (χ0) is 15.8. The molecule has 2 aromatic rings. The first kappa shape index (κ1) is 16.1. The van der Waals surface area contributed by atoms with E-state index in [4.69, 9.17) is 17.3 Å². The van der Waals surface area contributed by atoms with Crippen molar-refractivity contribution in [1.29, 1.82) is 0 Å². The number of sulfone groups is 1. The van der Waals surface area contributed by atoms with Crippen LogP contribution in [0.3, 0.4) is 0 Å². The van der Waals surface area contributed by atoms with Gasteiger partial charge < -0.3 is 11.1 Å². The van der Waals surface area contributed by atoms with E-state index >= 15 is 0 Å². The molecule has 0 aliphatic rings. The van der Waals surface area contributed by atoms with Gasteiger partial charge in [-0.05, 0) is 40.2 Å². The van der Waals surface area contributed by atoms with Gasteiger partial charge in [0.15, 0.2) is 9.84 Å². The second-order valence-electron chi connectivity index (χ2n) is 4.36. The fourth-order valence-corrected chi connectivity index (χ4v) is 3.51. The average molecular weight is 394 g/mol. The van der Waals surface area contributed by atoms with Crippen molar-refractivity contribution in [3.05, 3.63) is 45.6 Å². The van der Waals surface area contributed by atoms with Crippen LogP contribution in [0.2, 0.25) is 5.02 Å². The lowest BCUT2D eigenvalue weighted by atomic mass is 10.2. The fraction of sp³-hybridized carbons (Fsp3) is 0.0769. The third-order valence-electron chi connectivity index (χ3n) is 2.73. The molecule has 3 N–H and O–H groups in total. The Labute approximate surface area is 135 Å². The van der Waals surface area contributed by atoms with E-state index in [0.29, 0.717) is 15.8 Å². The van der Waals surface area contributed by atoms with Gasteiger partial charge in [0, 0.05) is 10.7 Å². The van der Waals surface area contributed by atoms with Crippen LogP contribution < -0.4 is 11.1 Å². The molecule has 0 heterocycles. The quantitative estimate of drug-likeness (QED) is 0.774. The van der Waals surface area contributed by atoms with E-state index in [0.717, 1.165) is 12.3 Å². The van der Waals surface area contributed by atoms with E-state index in [2.05, 4.69) is 21.2 Å². The van der Waals surface area contributed by atoms with Gasteiger partial charge in [-0.3, -0.25) is 0 Å². The lowest BCUT2D eigenvalue weighted by Crippen LogP contribution is -2.05. The largest absolute Gasteiger partial charge is 0.396 e. The smallest absolute Gasteiger partial charge is 0.177 e. The maximum atomic E-state index is 13.2. The predicted molar refractivity (Wildman–Crippen MR) is 86.4 cm³/mol. The molecule has 8 heteroatoms. The van der Waals surface area contributed by atoms with Crippen molar-refractivity contribution >= 4 is 54.4 Å². The molecule has 0 aromatic heterocycles. The molecule has 0 aliphatic carbocycles. The Morgan fingerprint density at radius 1 is 1.33 bits per heavy atom. The Bertz CT molecular complexity index is 789. The lowest BCUT2D eigenvalue weighted by molar-refractivity contribution is 0.602. The van der Waals surface area contributed by atoms with E-state index < -0.39 is 15.7 Å². The van der Waals surface area contributed by atoms with Crippen molar-refractivity contribution in [3.8, 4) is 0 Å². The highest BCUT2D eigenvalue weighted by molar-refractivity contribution is 9.10. The summed E-state index contributed by atoms with van der Waals surface area (Å²) in [4.78, 5) is 0.0156. The van der Waals surface area contributed by atoms with Crippen LogP contribution in [0.15, 0.2) is 39.7 Å². The maximum Gasteiger partial charge on any atom is 0.177 e. The van der Waals surface area contributed by atoms with Crippen molar-refractivity contribution in [3.63, 3.8) is 0 Å². The maximum absolute atomic E-state index is 13.2. The Morgan fingerprint density at radius 2 is 2.00 bits per heavy atom. The highest BCUT2D eigenvalue weighted by Gasteiger charge is 2.16. The summed E-state index contributed by atoms with van der Waals surface area (Å²) in [5.74, 6) is -0.490. The van der Waals surface area contributed by atoms with Gasteiger partial charge in [-0.25, -0.2) is 12.8 Å². The highest BCUT2D eigenvalue weighted by atomic mass is 79.9. The van der Waals surface area contributed by atoms with Crippen LogP contribution in [0.4, 0.5) is 21.5 Å². The van der Waals surface area contributed by atoms with Crippen LogP contribution in [0.5, 0.6) is 0 Å². The molecule has 112 valence electrons. The average Bonchev–Trinajstić information content (AvgIpc) is 2.33. The number of anilines is 3. The van der Waals surface area contributed by atoms with Gasteiger partial charge in [-0.15, -0.1) is 0 Å². The zero-order valence-electron chi connectivity index (χ0n) is 10.8. The first-order valence-electron chi connectivity index (χ1n) is 5.70. The first-order valence-corrected chi connectivity index (χ1v) is 8.76. The Morgan fingerprint density at radius 3 is 2.57 bits per heavy atom. The van der Waals surface area contributed by atoms with Gasteiger partial charge in [-0.2, -0.15) is 0 Å². The van der Waals surface area contributed by atoms with Crippen LogP contribution in [0.1, 0.15) is 0 Å². The standard InChI is InChI=1S/C13H11BrClFN2O2S/c1-21(19,20)11-4-2-3-10(12(11)17)18-13-8(14)5-7(16)6-9(13)15/h2-6,18H,17H2,1H3. The van der Waals surface area contributed by atoms with Gasteiger partial charge >= 0.3 is 0 Å². The summed E-state index contributed by atoms with van der Waals surface area (Å²) in [6.45, 7) is 0. The third kappa shape index (κ3) is 3.48. The number of rotatable bonds is 3. The summed E-state index contributed by atoms with van der Waals surface area (Å²) >= 11 is 9.17. The van der Waals surface area contributed by atoms with Crippen molar-refractivity contribution in [2.75, 3.05) is 17.3 Å². The molecular formula is C13H11BrClFN2O2S. The minimum absolute atomic E-state index is 0.0156. The number of para-hydroxylation sites is 1. The molecule has 4 nitrogen and oxygen atoms in total. The molecule has 0 aliphatic heterocycles. The van der Waals surface area contributed by atoms with Gasteiger partial charge in [0.25, 0.3) is 0 Å². The van der Waals surface area contributed by atoms with Crippen molar-refractivity contribution in [2.24, 2.45) is 0 Å². The van der Waals surface area contributed by atoms with Crippen LogP contribution >= 0.6 is 27.5 Å².